The fourth-order valence-corrected chi connectivity index (χ4v) is 2.60. The van der Waals surface area contributed by atoms with E-state index in [-0.39, 0.29) is 0 Å². The van der Waals surface area contributed by atoms with Crippen LogP contribution in [0.3, 0.4) is 0 Å². The lowest BCUT2D eigenvalue weighted by Crippen LogP contribution is -2.39. The Morgan fingerprint density at radius 1 is 1.23 bits per heavy atom. The zero-order chi connectivity index (χ0) is 15.2. The Morgan fingerprint density at radius 2 is 2.09 bits per heavy atom. The number of hydrogen-bond donors (Lipinski definition) is 1. The number of anilines is 2. The van der Waals surface area contributed by atoms with Gasteiger partial charge in [-0.15, -0.1) is 0 Å². The molecule has 1 saturated heterocycles. The van der Waals surface area contributed by atoms with Crippen molar-refractivity contribution in [1.29, 1.82) is 0 Å². The van der Waals surface area contributed by atoms with E-state index in [2.05, 4.69) is 30.2 Å². The van der Waals surface area contributed by atoms with Crippen LogP contribution >= 0.6 is 0 Å². The van der Waals surface area contributed by atoms with E-state index >= 15 is 0 Å². The summed E-state index contributed by atoms with van der Waals surface area (Å²) >= 11 is 0. The molecule has 1 aliphatic heterocycles. The van der Waals surface area contributed by atoms with E-state index in [1.165, 1.54) is 0 Å². The van der Waals surface area contributed by atoms with Crippen molar-refractivity contribution in [2.24, 2.45) is 0 Å². The van der Waals surface area contributed by atoms with Crippen LogP contribution in [0.4, 0.5) is 11.6 Å². The summed E-state index contributed by atoms with van der Waals surface area (Å²) in [4.78, 5) is 19.2. The number of aromatic nitrogens is 4. The highest BCUT2D eigenvalue weighted by molar-refractivity contribution is 5.39. The molecule has 7 nitrogen and oxygen atoms in total. The Balaban J connectivity index is 1.56. The Morgan fingerprint density at radius 3 is 2.82 bits per heavy atom. The second-order valence-corrected chi connectivity index (χ2v) is 5.26. The molecule has 0 unspecified atom stereocenters. The molecule has 3 rings (SSSR count). The zero-order valence-electron chi connectivity index (χ0n) is 12.6. The first-order chi connectivity index (χ1) is 10.8. The Bertz CT molecular complexity index is 586. The summed E-state index contributed by atoms with van der Waals surface area (Å²) in [6.07, 6.45) is 7.21. The smallest absolute Gasteiger partial charge is 0.156 e. The molecule has 116 valence electrons. The first kappa shape index (κ1) is 14.6. The van der Waals surface area contributed by atoms with Crippen LogP contribution in [0.15, 0.2) is 30.9 Å². The molecule has 1 aliphatic rings. The van der Waals surface area contributed by atoms with Gasteiger partial charge in [-0.1, -0.05) is 0 Å². The molecule has 3 heterocycles. The van der Waals surface area contributed by atoms with Crippen LogP contribution in [-0.4, -0.2) is 46.2 Å². The van der Waals surface area contributed by atoms with E-state index in [0.29, 0.717) is 12.6 Å². The molecule has 2 aromatic heterocycles. The molecule has 0 aliphatic carbocycles. The van der Waals surface area contributed by atoms with Crippen LogP contribution in [0.1, 0.15) is 18.7 Å². The lowest BCUT2D eigenvalue weighted by atomic mass is 10.1. The highest BCUT2D eigenvalue weighted by Gasteiger charge is 2.20. The van der Waals surface area contributed by atoms with Crippen LogP contribution < -0.4 is 10.2 Å². The van der Waals surface area contributed by atoms with Crippen LogP contribution in [0.2, 0.25) is 0 Å². The van der Waals surface area contributed by atoms with Gasteiger partial charge in [0.2, 0.25) is 0 Å². The topological polar surface area (TPSA) is 76.1 Å². The van der Waals surface area contributed by atoms with Gasteiger partial charge in [0, 0.05) is 38.6 Å². The molecule has 0 aromatic carbocycles. The lowest BCUT2D eigenvalue weighted by Gasteiger charge is -2.33. The van der Waals surface area contributed by atoms with E-state index in [0.717, 1.165) is 43.4 Å². The molecular weight excluding hydrogens is 280 g/mol. The van der Waals surface area contributed by atoms with Crippen LogP contribution in [-0.2, 0) is 11.3 Å². The first-order valence-electron chi connectivity index (χ1n) is 7.43. The van der Waals surface area contributed by atoms with Crippen molar-refractivity contribution in [2.75, 3.05) is 30.4 Å². The van der Waals surface area contributed by atoms with Crippen molar-refractivity contribution in [1.82, 2.24) is 19.9 Å². The van der Waals surface area contributed by atoms with Gasteiger partial charge in [0.25, 0.3) is 0 Å². The van der Waals surface area contributed by atoms with Gasteiger partial charge in [-0.05, 0) is 25.0 Å². The van der Waals surface area contributed by atoms with Gasteiger partial charge in [-0.25, -0.2) is 19.9 Å². The summed E-state index contributed by atoms with van der Waals surface area (Å²) in [5.74, 6) is 2.58. The fourth-order valence-electron chi connectivity index (χ4n) is 2.60. The molecule has 1 fully saturated rings. The minimum absolute atomic E-state index is 0.437. The normalized spacial score (nSPS) is 15.8. The monoisotopic (exact) mass is 300 g/mol. The lowest BCUT2D eigenvalue weighted by molar-refractivity contribution is 0.178. The van der Waals surface area contributed by atoms with Crippen LogP contribution in [0.5, 0.6) is 0 Å². The van der Waals surface area contributed by atoms with Gasteiger partial charge in [-0.2, -0.15) is 0 Å². The summed E-state index contributed by atoms with van der Waals surface area (Å²) < 4.78 is 5.09. The number of nitrogens with zero attached hydrogens (tertiary/aromatic N) is 5. The van der Waals surface area contributed by atoms with E-state index in [9.17, 15) is 0 Å². The number of rotatable bonds is 5. The van der Waals surface area contributed by atoms with Crippen molar-refractivity contribution in [3.8, 4) is 0 Å². The maximum Gasteiger partial charge on any atom is 0.156 e. The van der Waals surface area contributed by atoms with Crippen molar-refractivity contribution < 1.29 is 4.74 Å². The third kappa shape index (κ3) is 3.67. The van der Waals surface area contributed by atoms with Gasteiger partial charge < -0.3 is 15.0 Å². The average Bonchev–Trinajstić information content (AvgIpc) is 2.57. The molecule has 0 radical (unpaired) electrons. The van der Waals surface area contributed by atoms with E-state index < -0.39 is 0 Å². The van der Waals surface area contributed by atoms with Gasteiger partial charge in [0.1, 0.15) is 24.6 Å². The standard InChI is InChI=1S/C15H20N6O/c1-22-10-14-17-7-3-15(20-14)21-8-4-12(5-9-21)19-13-2-6-16-11-18-13/h2-3,6-7,11-12H,4-5,8-10H2,1H3,(H,16,18,19). The minimum Gasteiger partial charge on any atom is -0.377 e. The number of methoxy groups -OCH3 is 1. The largest absolute Gasteiger partial charge is 0.377 e. The summed E-state index contributed by atoms with van der Waals surface area (Å²) in [5, 5.41) is 3.45. The predicted octanol–water partition coefficient (Wildman–Crippen LogP) is 1.49. The molecule has 0 bridgehead atoms. The molecule has 22 heavy (non-hydrogen) atoms. The molecule has 7 heteroatoms. The third-order valence-electron chi connectivity index (χ3n) is 3.72. The van der Waals surface area contributed by atoms with Gasteiger partial charge in [0.05, 0.1) is 0 Å². The Labute approximate surface area is 129 Å². The Hall–Kier alpha value is -2.28. The minimum atomic E-state index is 0.437. The maximum atomic E-state index is 5.09. The van der Waals surface area contributed by atoms with E-state index in [1.54, 1.807) is 25.8 Å². The molecule has 0 spiro atoms. The maximum absolute atomic E-state index is 5.09. The number of piperidine rings is 1. The quantitative estimate of drug-likeness (QED) is 0.896. The number of nitrogens with one attached hydrogen (secondary N) is 1. The van der Waals surface area contributed by atoms with E-state index in [1.807, 2.05) is 12.1 Å². The van der Waals surface area contributed by atoms with Gasteiger partial charge in [0.15, 0.2) is 5.82 Å². The highest BCUT2D eigenvalue weighted by Crippen LogP contribution is 2.19. The van der Waals surface area contributed by atoms with Crippen molar-refractivity contribution in [2.45, 2.75) is 25.5 Å². The number of hydrogen-bond acceptors (Lipinski definition) is 7. The molecule has 0 amide bonds. The van der Waals surface area contributed by atoms with Crippen LogP contribution in [0.25, 0.3) is 0 Å². The van der Waals surface area contributed by atoms with Crippen molar-refractivity contribution in [3.05, 3.63) is 36.7 Å². The fraction of sp³-hybridized carbons (Fsp3) is 0.467. The summed E-state index contributed by atoms with van der Waals surface area (Å²) in [7, 11) is 1.65. The van der Waals surface area contributed by atoms with Gasteiger partial charge in [-0.3, -0.25) is 0 Å². The second kappa shape index (κ2) is 7.13. The molecule has 1 N–H and O–H groups in total. The summed E-state index contributed by atoms with van der Waals surface area (Å²) in [5.41, 5.74) is 0. The average molecular weight is 300 g/mol. The predicted molar refractivity (Wildman–Crippen MR) is 83.6 cm³/mol. The summed E-state index contributed by atoms with van der Waals surface area (Å²) in [6, 6.07) is 4.29. The zero-order valence-corrected chi connectivity index (χ0v) is 12.6. The molecule has 2 aromatic rings. The Kier molecular flexibility index (Phi) is 4.75. The number of ether oxygens (including phenoxy) is 1. The van der Waals surface area contributed by atoms with Crippen LogP contribution in [0, 0.1) is 0 Å². The molecule has 0 atom stereocenters. The third-order valence-corrected chi connectivity index (χ3v) is 3.72. The summed E-state index contributed by atoms with van der Waals surface area (Å²) in [6.45, 7) is 2.37. The first-order valence-corrected chi connectivity index (χ1v) is 7.43. The highest BCUT2D eigenvalue weighted by atomic mass is 16.5. The van der Waals surface area contributed by atoms with Crippen molar-refractivity contribution in [3.63, 3.8) is 0 Å². The van der Waals surface area contributed by atoms with Gasteiger partial charge >= 0.3 is 0 Å². The molecule has 0 saturated carbocycles. The molecular formula is C15H20N6O. The second-order valence-electron chi connectivity index (χ2n) is 5.26. The van der Waals surface area contributed by atoms with E-state index in [4.69, 9.17) is 4.74 Å². The SMILES string of the molecule is COCc1nccc(N2CCC(Nc3ccncn3)CC2)n1. The van der Waals surface area contributed by atoms with Crippen molar-refractivity contribution >= 4 is 11.6 Å².